The summed E-state index contributed by atoms with van der Waals surface area (Å²) in [4.78, 5) is 0.0861. The second kappa shape index (κ2) is 6.40. The lowest BCUT2D eigenvalue weighted by molar-refractivity contribution is 0.135. The first-order valence-corrected chi connectivity index (χ1v) is 9.39. The first kappa shape index (κ1) is 17.8. The number of fused-ring (bicyclic) bond motifs is 1. The van der Waals surface area contributed by atoms with Crippen molar-refractivity contribution in [2.45, 2.75) is 43.9 Å². The van der Waals surface area contributed by atoms with Crippen molar-refractivity contribution >= 4 is 10.0 Å². The predicted molar refractivity (Wildman–Crippen MR) is 91.2 cm³/mol. The van der Waals surface area contributed by atoms with Gasteiger partial charge < -0.3 is 9.84 Å². The lowest BCUT2D eigenvalue weighted by Crippen LogP contribution is -2.26. The molecule has 3 rings (SSSR count). The summed E-state index contributed by atoms with van der Waals surface area (Å²) in [6.45, 7) is 3.35. The molecule has 25 heavy (non-hydrogen) atoms. The molecule has 0 aromatic heterocycles. The zero-order chi connectivity index (χ0) is 18.2. The van der Waals surface area contributed by atoms with Gasteiger partial charge in [-0.05, 0) is 37.1 Å². The molecule has 0 radical (unpaired) electrons. The third kappa shape index (κ3) is 3.68. The molecule has 1 heterocycles. The van der Waals surface area contributed by atoms with E-state index >= 15 is 0 Å². The molecule has 2 N–H and O–H groups in total. The minimum atomic E-state index is -3.81. The van der Waals surface area contributed by atoms with E-state index in [1.807, 2.05) is 19.9 Å². The number of para-hydroxylation sites is 1. The Labute approximate surface area is 146 Å². The molecule has 5 nitrogen and oxygen atoms in total. The maximum atomic E-state index is 13.7. The van der Waals surface area contributed by atoms with Crippen molar-refractivity contribution in [2.24, 2.45) is 0 Å². The molecule has 0 saturated carbocycles. The predicted octanol–water partition coefficient (Wildman–Crippen LogP) is 2.51. The van der Waals surface area contributed by atoms with Gasteiger partial charge in [-0.2, -0.15) is 0 Å². The van der Waals surface area contributed by atoms with Gasteiger partial charge in [0, 0.05) is 18.5 Å². The molecule has 0 aliphatic carbocycles. The summed E-state index contributed by atoms with van der Waals surface area (Å²) in [6, 6.07) is 9.26. The largest absolute Gasteiger partial charge is 0.486 e. The molecule has 2 aromatic carbocycles. The summed E-state index contributed by atoms with van der Waals surface area (Å²) in [5.74, 6) is -0.188. The molecule has 134 valence electrons. The lowest BCUT2D eigenvalue weighted by Gasteiger charge is -2.18. The molecule has 7 heteroatoms. The fourth-order valence-electron chi connectivity index (χ4n) is 2.88. The van der Waals surface area contributed by atoms with E-state index in [1.165, 1.54) is 18.2 Å². The van der Waals surface area contributed by atoms with Crippen molar-refractivity contribution in [3.8, 4) is 5.75 Å². The molecule has 0 atom stereocenters. The number of ether oxygens (including phenoxy) is 1. The van der Waals surface area contributed by atoms with Gasteiger partial charge in [0.1, 0.15) is 22.1 Å². The number of hydrogen-bond donors (Lipinski definition) is 2. The Bertz CT molecular complexity index is 909. The normalized spacial score (nSPS) is 15.7. The van der Waals surface area contributed by atoms with Crippen LogP contribution in [0, 0.1) is 5.82 Å². The number of benzene rings is 2. The van der Waals surface area contributed by atoms with Crippen LogP contribution in [-0.4, -0.2) is 19.1 Å². The monoisotopic (exact) mass is 365 g/mol. The molecular weight excluding hydrogens is 345 g/mol. The molecule has 0 unspecified atom stereocenters. The van der Waals surface area contributed by atoms with Crippen molar-refractivity contribution in [3.63, 3.8) is 0 Å². The third-order valence-corrected chi connectivity index (χ3v) is 5.52. The second-order valence-corrected chi connectivity index (χ2v) is 8.43. The highest BCUT2D eigenvalue weighted by atomic mass is 32.2. The number of rotatable bonds is 5. The Morgan fingerprint density at radius 2 is 2.04 bits per heavy atom. The van der Waals surface area contributed by atoms with E-state index in [0.717, 1.165) is 5.56 Å². The fourth-order valence-corrected chi connectivity index (χ4v) is 4.07. The minimum Gasteiger partial charge on any atom is -0.486 e. The van der Waals surface area contributed by atoms with Crippen LogP contribution in [0.3, 0.4) is 0 Å². The molecule has 2 aromatic rings. The summed E-state index contributed by atoms with van der Waals surface area (Å²) in [6.07, 6.45) is 0.638. The van der Waals surface area contributed by atoms with Crippen LogP contribution in [0.4, 0.5) is 4.39 Å². The van der Waals surface area contributed by atoms with Gasteiger partial charge in [0.05, 0.1) is 6.61 Å². The molecule has 0 bridgehead atoms. The number of nitrogens with one attached hydrogen (secondary N) is 1. The highest BCUT2D eigenvalue weighted by Gasteiger charge is 2.34. The molecule has 0 saturated heterocycles. The van der Waals surface area contributed by atoms with E-state index < -0.39 is 28.0 Å². The summed E-state index contributed by atoms with van der Waals surface area (Å²) in [7, 11) is -3.81. The van der Waals surface area contributed by atoms with Crippen LogP contribution in [0.15, 0.2) is 41.3 Å². The molecule has 0 spiro atoms. The highest BCUT2D eigenvalue weighted by molar-refractivity contribution is 7.89. The number of aliphatic hydroxyl groups excluding tert-OH is 1. The maximum Gasteiger partial charge on any atom is 0.244 e. The Balaban J connectivity index is 1.82. The van der Waals surface area contributed by atoms with Crippen molar-refractivity contribution < 1.29 is 22.7 Å². The summed E-state index contributed by atoms with van der Waals surface area (Å²) in [5.41, 5.74) is 1.04. The van der Waals surface area contributed by atoms with Crippen molar-refractivity contribution in [1.29, 1.82) is 0 Å². The van der Waals surface area contributed by atoms with Gasteiger partial charge in [0.2, 0.25) is 10.0 Å². The van der Waals surface area contributed by atoms with Gasteiger partial charge in [-0.3, -0.25) is 0 Å². The van der Waals surface area contributed by atoms with E-state index in [0.29, 0.717) is 17.7 Å². The van der Waals surface area contributed by atoms with Gasteiger partial charge in [0.15, 0.2) is 0 Å². The van der Waals surface area contributed by atoms with Crippen LogP contribution in [0.5, 0.6) is 5.75 Å². The Hall–Kier alpha value is -1.96. The van der Waals surface area contributed by atoms with Crippen LogP contribution in [0.25, 0.3) is 0 Å². The lowest BCUT2D eigenvalue weighted by atomic mass is 10.0. The first-order chi connectivity index (χ1) is 11.7. The van der Waals surface area contributed by atoms with E-state index in [1.54, 1.807) is 12.1 Å². The molecule has 1 aliphatic heterocycles. The van der Waals surface area contributed by atoms with E-state index in [-0.39, 0.29) is 17.0 Å². The number of aliphatic hydroxyl groups is 1. The molecule has 1 aliphatic rings. The van der Waals surface area contributed by atoms with Crippen LogP contribution >= 0.6 is 0 Å². The Morgan fingerprint density at radius 1 is 1.28 bits per heavy atom. The third-order valence-electron chi connectivity index (χ3n) is 4.10. The van der Waals surface area contributed by atoms with Gasteiger partial charge in [-0.15, -0.1) is 0 Å². The zero-order valence-corrected chi connectivity index (χ0v) is 14.9. The quantitative estimate of drug-likeness (QED) is 0.854. The second-order valence-electron chi connectivity index (χ2n) is 6.69. The van der Waals surface area contributed by atoms with Crippen LogP contribution in [0.2, 0.25) is 0 Å². The number of sulfonamides is 1. The molecular formula is C18H20FNO4S. The SMILES string of the molecule is CC1(C)Cc2cccc(S(=O)(=O)NCc3ccc(CO)c(F)c3)c2O1. The van der Waals surface area contributed by atoms with Gasteiger partial charge >= 0.3 is 0 Å². The number of halogens is 1. The molecule has 0 fully saturated rings. The van der Waals surface area contributed by atoms with E-state index in [2.05, 4.69) is 4.72 Å². The van der Waals surface area contributed by atoms with Crippen molar-refractivity contribution in [3.05, 3.63) is 58.9 Å². The van der Waals surface area contributed by atoms with Gasteiger partial charge in [-0.25, -0.2) is 17.5 Å². The van der Waals surface area contributed by atoms with Crippen molar-refractivity contribution in [2.75, 3.05) is 0 Å². The first-order valence-electron chi connectivity index (χ1n) is 7.90. The summed E-state index contributed by atoms with van der Waals surface area (Å²) in [5, 5.41) is 8.98. The Kier molecular flexibility index (Phi) is 4.57. The van der Waals surface area contributed by atoms with Crippen LogP contribution in [0.1, 0.15) is 30.5 Å². The fraction of sp³-hybridized carbons (Fsp3) is 0.333. The van der Waals surface area contributed by atoms with Crippen molar-refractivity contribution in [1.82, 2.24) is 4.72 Å². The topological polar surface area (TPSA) is 75.6 Å². The maximum absolute atomic E-state index is 13.7. The average molecular weight is 365 g/mol. The van der Waals surface area contributed by atoms with Crippen LogP contribution < -0.4 is 9.46 Å². The van der Waals surface area contributed by atoms with Gasteiger partial charge in [0.25, 0.3) is 0 Å². The van der Waals surface area contributed by atoms with E-state index in [9.17, 15) is 12.8 Å². The summed E-state index contributed by atoms with van der Waals surface area (Å²) < 4.78 is 47.3. The zero-order valence-electron chi connectivity index (χ0n) is 14.0. The highest BCUT2D eigenvalue weighted by Crippen LogP contribution is 2.39. The smallest absolute Gasteiger partial charge is 0.244 e. The van der Waals surface area contributed by atoms with E-state index in [4.69, 9.17) is 9.84 Å². The van der Waals surface area contributed by atoms with Gasteiger partial charge in [-0.1, -0.05) is 24.3 Å². The summed E-state index contributed by atoms with van der Waals surface area (Å²) >= 11 is 0. The minimum absolute atomic E-state index is 0.0575. The average Bonchev–Trinajstić information content (AvgIpc) is 2.86. The molecule has 0 amide bonds. The number of hydrogen-bond acceptors (Lipinski definition) is 4. The standard InChI is InChI=1S/C18H20FNO4S/c1-18(2)9-13-4-3-5-16(17(13)24-18)25(22,23)20-10-12-6-7-14(11-21)15(19)8-12/h3-8,20-21H,9-11H2,1-2H3. The van der Waals surface area contributed by atoms with Crippen LogP contribution in [-0.2, 0) is 29.6 Å². The Morgan fingerprint density at radius 3 is 2.72 bits per heavy atom.